The van der Waals surface area contributed by atoms with Crippen LogP contribution in [0.1, 0.15) is 31.8 Å². The first-order chi connectivity index (χ1) is 12.1. The van der Waals surface area contributed by atoms with E-state index in [0.717, 1.165) is 16.8 Å². The molecule has 0 radical (unpaired) electrons. The van der Waals surface area contributed by atoms with Crippen molar-refractivity contribution in [3.05, 3.63) is 64.7 Å². The molecule has 1 fully saturated rings. The number of carbonyl (C=O) groups excluding carboxylic acids is 2. The van der Waals surface area contributed by atoms with Crippen molar-refractivity contribution in [2.45, 2.75) is 13.8 Å². The smallest absolute Gasteiger partial charge is 0.255 e. The highest BCUT2D eigenvalue weighted by Gasteiger charge is 2.19. The van der Waals surface area contributed by atoms with Gasteiger partial charge in [-0.15, -0.1) is 0 Å². The minimum absolute atomic E-state index is 0.0651. The highest BCUT2D eigenvalue weighted by atomic mass is 16.5. The van der Waals surface area contributed by atoms with Gasteiger partial charge in [-0.3, -0.25) is 9.59 Å². The predicted octanol–water partition coefficient (Wildman–Crippen LogP) is 3.03. The van der Waals surface area contributed by atoms with E-state index in [4.69, 9.17) is 4.74 Å². The Morgan fingerprint density at radius 1 is 1.00 bits per heavy atom. The third-order valence-corrected chi connectivity index (χ3v) is 4.52. The Balaban J connectivity index is 1.77. The number of benzene rings is 2. The summed E-state index contributed by atoms with van der Waals surface area (Å²) in [6.45, 7) is 6.25. The lowest BCUT2D eigenvalue weighted by Gasteiger charge is -2.27. The van der Waals surface area contributed by atoms with Gasteiger partial charge in [-0.1, -0.05) is 18.2 Å². The number of nitrogens with zero attached hydrogens (tertiary/aromatic N) is 1. The van der Waals surface area contributed by atoms with E-state index in [1.54, 1.807) is 29.2 Å². The van der Waals surface area contributed by atoms with Crippen LogP contribution in [0.4, 0.5) is 5.69 Å². The molecule has 5 nitrogen and oxygen atoms in total. The van der Waals surface area contributed by atoms with Crippen LogP contribution in [0, 0.1) is 13.8 Å². The van der Waals surface area contributed by atoms with Crippen LogP contribution < -0.4 is 5.32 Å². The molecular weight excluding hydrogens is 316 g/mol. The lowest BCUT2D eigenvalue weighted by atomic mass is 10.1. The van der Waals surface area contributed by atoms with Crippen molar-refractivity contribution in [2.75, 3.05) is 31.6 Å². The van der Waals surface area contributed by atoms with Crippen LogP contribution in [0.25, 0.3) is 0 Å². The van der Waals surface area contributed by atoms with Gasteiger partial charge in [0.15, 0.2) is 0 Å². The average molecular weight is 338 g/mol. The van der Waals surface area contributed by atoms with Gasteiger partial charge < -0.3 is 15.0 Å². The van der Waals surface area contributed by atoms with Crippen molar-refractivity contribution in [2.24, 2.45) is 0 Å². The lowest BCUT2D eigenvalue weighted by Crippen LogP contribution is -2.40. The molecule has 0 atom stereocenters. The summed E-state index contributed by atoms with van der Waals surface area (Å²) < 4.78 is 5.28. The molecule has 1 aliphatic rings. The number of nitrogens with one attached hydrogen (secondary N) is 1. The van der Waals surface area contributed by atoms with Crippen LogP contribution >= 0.6 is 0 Å². The monoisotopic (exact) mass is 338 g/mol. The first kappa shape index (κ1) is 17.2. The Kier molecular flexibility index (Phi) is 5.14. The van der Waals surface area contributed by atoms with E-state index in [0.29, 0.717) is 37.4 Å². The molecule has 0 saturated carbocycles. The second-order valence-electron chi connectivity index (χ2n) is 6.19. The molecule has 0 spiro atoms. The lowest BCUT2D eigenvalue weighted by molar-refractivity contribution is 0.0303. The van der Waals surface area contributed by atoms with Gasteiger partial charge in [0.2, 0.25) is 0 Å². The second kappa shape index (κ2) is 7.49. The van der Waals surface area contributed by atoms with Crippen molar-refractivity contribution in [1.29, 1.82) is 0 Å². The summed E-state index contributed by atoms with van der Waals surface area (Å²) in [7, 11) is 0. The number of anilines is 1. The molecule has 1 heterocycles. The summed E-state index contributed by atoms with van der Waals surface area (Å²) >= 11 is 0. The SMILES string of the molecule is Cc1cccc(NC(=O)c2cccc(C(=O)N3CCOCC3)c2)c1C. The van der Waals surface area contributed by atoms with Crippen molar-refractivity contribution < 1.29 is 14.3 Å². The Hall–Kier alpha value is -2.66. The molecule has 0 bridgehead atoms. The van der Waals surface area contributed by atoms with Crippen LogP contribution in [0.15, 0.2) is 42.5 Å². The molecule has 0 unspecified atom stereocenters. The average Bonchev–Trinajstić information content (AvgIpc) is 2.65. The van der Waals surface area contributed by atoms with Gasteiger partial charge in [0.1, 0.15) is 0 Å². The van der Waals surface area contributed by atoms with Crippen LogP contribution in [-0.4, -0.2) is 43.0 Å². The largest absolute Gasteiger partial charge is 0.378 e. The maximum absolute atomic E-state index is 12.6. The molecular formula is C20H22N2O3. The molecule has 1 aliphatic heterocycles. The first-order valence-corrected chi connectivity index (χ1v) is 8.41. The summed E-state index contributed by atoms with van der Waals surface area (Å²) in [6, 6.07) is 12.7. The molecule has 2 amide bonds. The van der Waals surface area contributed by atoms with E-state index < -0.39 is 0 Å². The summed E-state index contributed by atoms with van der Waals surface area (Å²) in [6.07, 6.45) is 0. The third-order valence-electron chi connectivity index (χ3n) is 4.52. The predicted molar refractivity (Wildman–Crippen MR) is 97.0 cm³/mol. The number of carbonyl (C=O) groups is 2. The van der Waals surface area contributed by atoms with Gasteiger partial charge in [-0.2, -0.15) is 0 Å². The van der Waals surface area contributed by atoms with Crippen LogP contribution in [0.3, 0.4) is 0 Å². The zero-order valence-corrected chi connectivity index (χ0v) is 14.5. The minimum atomic E-state index is -0.217. The molecule has 3 rings (SSSR count). The normalized spacial score (nSPS) is 14.2. The Bertz CT molecular complexity index is 795. The van der Waals surface area contributed by atoms with E-state index in [-0.39, 0.29) is 11.8 Å². The van der Waals surface area contributed by atoms with E-state index in [2.05, 4.69) is 5.32 Å². The van der Waals surface area contributed by atoms with Gasteiger partial charge >= 0.3 is 0 Å². The van der Waals surface area contributed by atoms with Crippen molar-refractivity contribution in [1.82, 2.24) is 4.90 Å². The molecule has 0 aliphatic carbocycles. The summed E-state index contributed by atoms with van der Waals surface area (Å²) in [5, 5.41) is 2.93. The maximum atomic E-state index is 12.6. The van der Waals surface area contributed by atoms with Gasteiger partial charge in [-0.25, -0.2) is 0 Å². The number of hydrogen-bond acceptors (Lipinski definition) is 3. The first-order valence-electron chi connectivity index (χ1n) is 8.41. The highest BCUT2D eigenvalue weighted by Crippen LogP contribution is 2.19. The fourth-order valence-corrected chi connectivity index (χ4v) is 2.82. The fourth-order valence-electron chi connectivity index (χ4n) is 2.82. The number of amides is 2. The molecule has 2 aromatic rings. The Morgan fingerprint density at radius 2 is 1.68 bits per heavy atom. The number of ether oxygens (including phenoxy) is 1. The van der Waals surface area contributed by atoms with E-state index in [1.165, 1.54) is 0 Å². The van der Waals surface area contributed by atoms with Gasteiger partial charge in [0.25, 0.3) is 11.8 Å². The van der Waals surface area contributed by atoms with Crippen molar-refractivity contribution in [3.8, 4) is 0 Å². The topological polar surface area (TPSA) is 58.6 Å². The summed E-state index contributed by atoms with van der Waals surface area (Å²) in [4.78, 5) is 26.9. The zero-order valence-electron chi connectivity index (χ0n) is 14.5. The third kappa shape index (κ3) is 3.88. The number of rotatable bonds is 3. The Labute approximate surface area is 147 Å². The highest BCUT2D eigenvalue weighted by molar-refractivity contribution is 6.06. The summed E-state index contributed by atoms with van der Waals surface area (Å²) in [5.74, 6) is -0.282. The van der Waals surface area contributed by atoms with Crippen LogP contribution in [0.5, 0.6) is 0 Å². The standard InChI is InChI=1S/C20H22N2O3/c1-14-5-3-8-18(15(14)2)21-19(23)16-6-4-7-17(13-16)20(24)22-9-11-25-12-10-22/h3-8,13H,9-12H2,1-2H3,(H,21,23). The molecule has 1 N–H and O–H groups in total. The second-order valence-corrected chi connectivity index (χ2v) is 6.19. The number of morpholine rings is 1. The Morgan fingerprint density at radius 3 is 2.44 bits per heavy atom. The van der Waals surface area contributed by atoms with Gasteiger partial charge in [0, 0.05) is 29.9 Å². The molecule has 1 saturated heterocycles. The maximum Gasteiger partial charge on any atom is 0.255 e. The molecule has 5 heteroatoms. The van der Waals surface area contributed by atoms with Crippen molar-refractivity contribution >= 4 is 17.5 Å². The molecule has 25 heavy (non-hydrogen) atoms. The molecule has 130 valence electrons. The fraction of sp³-hybridized carbons (Fsp3) is 0.300. The number of aryl methyl sites for hydroxylation is 1. The molecule has 2 aromatic carbocycles. The van der Waals surface area contributed by atoms with Gasteiger partial charge in [-0.05, 0) is 49.2 Å². The minimum Gasteiger partial charge on any atom is -0.378 e. The van der Waals surface area contributed by atoms with E-state index in [1.807, 2.05) is 32.0 Å². The van der Waals surface area contributed by atoms with Crippen molar-refractivity contribution in [3.63, 3.8) is 0 Å². The van der Waals surface area contributed by atoms with Gasteiger partial charge in [0.05, 0.1) is 13.2 Å². The van der Waals surface area contributed by atoms with Crippen LogP contribution in [0.2, 0.25) is 0 Å². The van der Waals surface area contributed by atoms with E-state index >= 15 is 0 Å². The zero-order chi connectivity index (χ0) is 17.8. The van der Waals surface area contributed by atoms with Crippen LogP contribution in [-0.2, 0) is 4.74 Å². The molecule has 0 aromatic heterocycles. The summed E-state index contributed by atoms with van der Waals surface area (Å²) in [5.41, 5.74) is 3.94. The quantitative estimate of drug-likeness (QED) is 0.936. The van der Waals surface area contributed by atoms with E-state index in [9.17, 15) is 9.59 Å². The number of hydrogen-bond donors (Lipinski definition) is 1.